The Morgan fingerprint density at radius 3 is 2.35 bits per heavy atom. The zero-order valence-corrected chi connectivity index (χ0v) is 14.3. The standard InChI is InChI=1S/C14H13ClN2O4S2/c1-9(18)17-12-7-11(15)14(23(16,20)21)8-13(12)22(19)10-5-3-2-4-6-10/h2-8H,1H3,(H,17,18)(H2,16,20,21). The van der Waals surface area contributed by atoms with Crippen molar-refractivity contribution in [3.8, 4) is 0 Å². The molecule has 0 heterocycles. The first kappa shape index (κ1) is 17.6. The number of carbonyl (C=O) groups excluding carboxylic acids is 1. The van der Waals surface area contributed by atoms with Crippen LogP contribution in [0.3, 0.4) is 0 Å². The molecule has 2 aromatic carbocycles. The lowest BCUT2D eigenvalue weighted by molar-refractivity contribution is -0.114. The topological polar surface area (TPSA) is 106 Å². The Bertz CT molecular complexity index is 883. The number of halogens is 1. The molecule has 1 unspecified atom stereocenters. The zero-order chi connectivity index (χ0) is 17.2. The molecule has 0 aliphatic heterocycles. The highest BCUT2D eigenvalue weighted by Gasteiger charge is 2.21. The van der Waals surface area contributed by atoms with Crippen molar-refractivity contribution in [1.82, 2.24) is 0 Å². The summed E-state index contributed by atoms with van der Waals surface area (Å²) in [5.41, 5.74) is 0.164. The van der Waals surface area contributed by atoms with Crippen LogP contribution >= 0.6 is 11.6 Å². The van der Waals surface area contributed by atoms with E-state index in [0.29, 0.717) is 4.90 Å². The molecule has 0 saturated carbocycles. The van der Waals surface area contributed by atoms with E-state index in [2.05, 4.69) is 5.32 Å². The fourth-order valence-electron chi connectivity index (χ4n) is 1.86. The fourth-order valence-corrected chi connectivity index (χ4v) is 4.23. The molecule has 0 bridgehead atoms. The molecular formula is C14H13ClN2O4S2. The molecule has 0 fully saturated rings. The van der Waals surface area contributed by atoms with E-state index in [0.717, 1.165) is 6.07 Å². The highest BCUT2D eigenvalue weighted by atomic mass is 35.5. The average molecular weight is 373 g/mol. The molecule has 0 aliphatic rings. The minimum atomic E-state index is -4.10. The van der Waals surface area contributed by atoms with Crippen LogP contribution in [0.5, 0.6) is 0 Å². The molecule has 1 atom stereocenters. The Morgan fingerprint density at radius 1 is 1.22 bits per heavy atom. The van der Waals surface area contributed by atoms with Gasteiger partial charge in [0.05, 0.1) is 26.4 Å². The van der Waals surface area contributed by atoms with E-state index >= 15 is 0 Å². The number of rotatable bonds is 4. The number of carbonyl (C=O) groups is 1. The Morgan fingerprint density at radius 2 is 1.83 bits per heavy atom. The van der Waals surface area contributed by atoms with Gasteiger partial charge in [0, 0.05) is 11.8 Å². The second kappa shape index (κ2) is 6.79. The summed E-state index contributed by atoms with van der Waals surface area (Å²) in [7, 11) is -5.82. The first-order chi connectivity index (χ1) is 10.7. The third-order valence-electron chi connectivity index (χ3n) is 2.81. The maximum atomic E-state index is 12.7. The SMILES string of the molecule is CC(=O)Nc1cc(Cl)c(S(N)(=O)=O)cc1S(=O)c1ccccc1. The van der Waals surface area contributed by atoms with Crippen LogP contribution in [0.2, 0.25) is 5.02 Å². The second-order valence-corrected chi connectivity index (χ2v) is 7.97. The quantitative estimate of drug-likeness (QED) is 0.857. The van der Waals surface area contributed by atoms with Gasteiger partial charge in [0.2, 0.25) is 15.9 Å². The van der Waals surface area contributed by atoms with E-state index in [1.54, 1.807) is 30.3 Å². The van der Waals surface area contributed by atoms with E-state index in [1.165, 1.54) is 13.0 Å². The van der Waals surface area contributed by atoms with Crippen LogP contribution in [0.15, 0.2) is 57.2 Å². The number of amides is 1. The van der Waals surface area contributed by atoms with E-state index in [1.807, 2.05) is 0 Å². The third-order valence-corrected chi connectivity index (χ3v) is 5.62. The van der Waals surface area contributed by atoms with Crippen molar-refractivity contribution < 1.29 is 17.4 Å². The maximum Gasteiger partial charge on any atom is 0.239 e. The molecule has 2 aromatic rings. The van der Waals surface area contributed by atoms with E-state index < -0.39 is 26.7 Å². The number of hydrogen-bond donors (Lipinski definition) is 2. The van der Waals surface area contributed by atoms with Crippen LogP contribution in [-0.4, -0.2) is 18.5 Å². The molecule has 0 spiro atoms. The lowest BCUT2D eigenvalue weighted by atomic mass is 10.3. The number of anilines is 1. The van der Waals surface area contributed by atoms with Crippen LogP contribution in [0.4, 0.5) is 5.69 Å². The van der Waals surface area contributed by atoms with Gasteiger partial charge in [-0.1, -0.05) is 29.8 Å². The predicted octanol–water partition coefficient (Wildman–Crippen LogP) is 2.11. The first-order valence-corrected chi connectivity index (χ1v) is 9.38. The molecule has 0 aliphatic carbocycles. The molecule has 122 valence electrons. The summed E-state index contributed by atoms with van der Waals surface area (Å²) in [5, 5.41) is 7.45. The normalized spacial score (nSPS) is 12.7. The zero-order valence-electron chi connectivity index (χ0n) is 11.9. The second-order valence-electron chi connectivity index (χ2n) is 4.59. The molecule has 0 aromatic heterocycles. The molecule has 0 radical (unpaired) electrons. The summed E-state index contributed by atoms with van der Waals surface area (Å²) < 4.78 is 35.9. The highest BCUT2D eigenvalue weighted by molar-refractivity contribution is 7.89. The monoisotopic (exact) mass is 372 g/mol. The molecule has 2 rings (SSSR count). The average Bonchev–Trinajstić information content (AvgIpc) is 2.45. The Labute approximate surface area is 141 Å². The van der Waals surface area contributed by atoms with Gasteiger partial charge in [0.25, 0.3) is 0 Å². The summed E-state index contributed by atoms with van der Waals surface area (Å²) in [5.74, 6) is -0.407. The van der Waals surface area contributed by atoms with Crippen molar-refractivity contribution in [3.05, 3.63) is 47.5 Å². The molecular weight excluding hydrogens is 360 g/mol. The minimum absolute atomic E-state index is 0.0971. The Hall–Kier alpha value is -1.74. The number of benzene rings is 2. The number of nitrogens with two attached hydrogens (primary N) is 1. The van der Waals surface area contributed by atoms with Crippen molar-refractivity contribution in [3.63, 3.8) is 0 Å². The number of hydrogen-bond acceptors (Lipinski definition) is 4. The molecule has 1 amide bonds. The highest BCUT2D eigenvalue weighted by Crippen LogP contribution is 2.32. The molecule has 9 heteroatoms. The molecule has 3 N–H and O–H groups in total. The van der Waals surface area contributed by atoms with Gasteiger partial charge in [-0.25, -0.2) is 17.8 Å². The lowest BCUT2D eigenvalue weighted by Crippen LogP contribution is -2.15. The van der Waals surface area contributed by atoms with Crippen molar-refractivity contribution in [1.29, 1.82) is 0 Å². The third kappa shape index (κ3) is 4.17. The van der Waals surface area contributed by atoms with Crippen LogP contribution < -0.4 is 10.5 Å². The van der Waals surface area contributed by atoms with Crippen LogP contribution in [-0.2, 0) is 25.6 Å². The largest absolute Gasteiger partial charge is 0.325 e. The van der Waals surface area contributed by atoms with Gasteiger partial charge >= 0.3 is 0 Å². The van der Waals surface area contributed by atoms with E-state index in [9.17, 15) is 17.4 Å². The maximum absolute atomic E-state index is 12.7. The van der Waals surface area contributed by atoms with Gasteiger partial charge < -0.3 is 5.32 Å². The van der Waals surface area contributed by atoms with Crippen molar-refractivity contribution in [2.75, 3.05) is 5.32 Å². The fraction of sp³-hybridized carbons (Fsp3) is 0.0714. The number of sulfonamides is 1. The molecule has 23 heavy (non-hydrogen) atoms. The van der Waals surface area contributed by atoms with Gasteiger partial charge in [-0.3, -0.25) is 4.79 Å². The van der Waals surface area contributed by atoms with Gasteiger partial charge in [-0.2, -0.15) is 0 Å². The van der Waals surface area contributed by atoms with Crippen molar-refractivity contribution in [2.24, 2.45) is 5.14 Å². The Kier molecular flexibility index (Phi) is 5.20. The van der Waals surface area contributed by atoms with E-state index in [-0.39, 0.29) is 20.5 Å². The van der Waals surface area contributed by atoms with Gasteiger partial charge in [0.15, 0.2) is 0 Å². The summed E-state index contributed by atoms with van der Waals surface area (Å²) in [6.45, 7) is 1.27. The summed E-state index contributed by atoms with van der Waals surface area (Å²) in [4.78, 5) is 11.5. The van der Waals surface area contributed by atoms with Crippen LogP contribution in [0.25, 0.3) is 0 Å². The summed E-state index contributed by atoms with van der Waals surface area (Å²) in [6, 6.07) is 10.7. The van der Waals surface area contributed by atoms with Crippen LogP contribution in [0, 0.1) is 0 Å². The Balaban J connectivity index is 2.67. The predicted molar refractivity (Wildman–Crippen MR) is 88.2 cm³/mol. The van der Waals surface area contributed by atoms with Crippen LogP contribution in [0.1, 0.15) is 6.92 Å². The van der Waals surface area contributed by atoms with Gasteiger partial charge in [0.1, 0.15) is 4.90 Å². The van der Waals surface area contributed by atoms with Gasteiger partial charge in [-0.05, 0) is 24.3 Å². The summed E-state index contributed by atoms with van der Waals surface area (Å²) >= 11 is 5.91. The molecule has 0 saturated heterocycles. The smallest absolute Gasteiger partial charge is 0.239 e. The number of nitrogens with one attached hydrogen (secondary N) is 1. The summed E-state index contributed by atoms with van der Waals surface area (Å²) in [6.07, 6.45) is 0. The number of primary sulfonamides is 1. The van der Waals surface area contributed by atoms with E-state index in [4.69, 9.17) is 16.7 Å². The van der Waals surface area contributed by atoms with Crippen molar-refractivity contribution >= 4 is 44.0 Å². The lowest BCUT2D eigenvalue weighted by Gasteiger charge is -2.13. The minimum Gasteiger partial charge on any atom is -0.325 e. The first-order valence-electron chi connectivity index (χ1n) is 6.31. The van der Waals surface area contributed by atoms with Gasteiger partial charge in [-0.15, -0.1) is 0 Å². The van der Waals surface area contributed by atoms with Crippen molar-refractivity contribution in [2.45, 2.75) is 21.6 Å². The molecule has 6 nitrogen and oxygen atoms in total.